The minimum Gasteiger partial charge on any atom is -0.403 e. The Bertz CT molecular complexity index is 459. The number of aliphatic hydroxyl groups is 1. The molecule has 0 aliphatic rings. The van der Waals surface area contributed by atoms with E-state index < -0.39 is 36.2 Å². The number of pyridine rings is 1. The molecular weight excluding hydrogens is 348 g/mol. The largest absolute Gasteiger partial charge is 0.573 e. The molecule has 108 valence electrons. The van der Waals surface area contributed by atoms with Gasteiger partial charge in [-0.25, -0.2) is 4.98 Å². The van der Waals surface area contributed by atoms with Crippen molar-refractivity contribution in [2.24, 2.45) is 0 Å². The minimum atomic E-state index is -5.30. The Balaban J connectivity index is 3.49. The van der Waals surface area contributed by atoms with Crippen LogP contribution in [0.4, 0.5) is 26.3 Å². The van der Waals surface area contributed by atoms with Crippen molar-refractivity contribution in [1.82, 2.24) is 4.98 Å². The maximum Gasteiger partial charge on any atom is 0.573 e. The lowest BCUT2D eigenvalue weighted by atomic mass is 10.1. The summed E-state index contributed by atoms with van der Waals surface area (Å²) >= 11 is 2.75. The van der Waals surface area contributed by atoms with Gasteiger partial charge in [0.25, 0.3) is 0 Å². The smallest absolute Gasteiger partial charge is 0.403 e. The van der Waals surface area contributed by atoms with Crippen molar-refractivity contribution in [3.63, 3.8) is 0 Å². The molecule has 19 heavy (non-hydrogen) atoms. The molecule has 0 saturated carbocycles. The predicted molar refractivity (Wildman–Crippen MR) is 54.5 cm³/mol. The summed E-state index contributed by atoms with van der Waals surface area (Å²) in [5.41, 5.74) is -2.44. The van der Waals surface area contributed by atoms with E-state index in [2.05, 4.69) is 25.7 Å². The Hall–Kier alpha value is -1.03. The van der Waals surface area contributed by atoms with Gasteiger partial charge in [0, 0.05) is 22.7 Å². The second-order valence-corrected chi connectivity index (χ2v) is 3.84. The molecule has 1 heterocycles. The van der Waals surface area contributed by atoms with Crippen LogP contribution in [0.3, 0.4) is 0 Å². The zero-order valence-corrected chi connectivity index (χ0v) is 10.5. The number of halogens is 7. The summed E-state index contributed by atoms with van der Waals surface area (Å²) in [6.07, 6.45) is -9.75. The molecule has 1 aromatic rings. The second kappa shape index (κ2) is 5.53. The molecule has 3 nitrogen and oxygen atoms in total. The summed E-state index contributed by atoms with van der Waals surface area (Å²) in [6.45, 7) is -0.764. The minimum absolute atomic E-state index is 0.191. The molecule has 0 aliphatic carbocycles. The van der Waals surface area contributed by atoms with Crippen LogP contribution in [0.2, 0.25) is 0 Å². The first kappa shape index (κ1) is 16.0. The van der Waals surface area contributed by atoms with Gasteiger partial charge < -0.3 is 9.84 Å². The SMILES string of the molecule is OCc1cnc(C(F)(F)F)c(OC(F)(F)F)c1CBr. The van der Waals surface area contributed by atoms with Crippen molar-refractivity contribution in [3.8, 4) is 5.75 Å². The normalized spacial score (nSPS) is 12.6. The van der Waals surface area contributed by atoms with Gasteiger partial charge in [-0.2, -0.15) is 13.2 Å². The molecule has 10 heteroatoms. The fourth-order valence-electron chi connectivity index (χ4n) is 1.28. The van der Waals surface area contributed by atoms with Crippen molar-refractivity contribution in [3.05, 3.63) is 23.0 Å². The Morgan fingerprint density at radius 2 is 1.79 bits per heavy atom. The summed E-state index contributed by atoms with van der Waals surface area (Å²) < 4.78 is 77.7. The first-order valence-corrected chi connectivity index (χ1v) is 5.72. The van der Waals surface area contributed by atoms with Crippen LogP contribution in [-0.2, 0) is 18.1 Å². The molecule has 0 amide bonds. The number of ether oxygens (including phenoxy) is 1. The predicted octanol–water partition coefficient (Wildman–Crippen LogP) is 3.39. The van der Waals surface area contributed by atoms with Crippen LogP contribution in [0.25, 0.3) is 0 Å². The van der Waals surface area contributed by atoms with Crippen LogP contribution in [0.1, 0.15) is 16.8 Å². The van der Waals surface area contributed by atoms with Gasteiger partial charge in [0.1, 0.15) is 0 Å². The molecule has 0 radical (unpaired) electrons. The highest BCUT2D eigenvalue weighted by atomic mass is 79.9. The summed E-state index contributed by atoms with van der Waals surface area (Å²) in [5.74, 6) is -1.46. The Morgan fingerprint density at radius 1 is 1.21 bits per heavy atom. The number of hydrogen-bond acceptors (Lipinski definition) is 3. The van der Waals surface area contributed by atoms with E-state index in [-0.39, 0.29) is 10.9 Å². The fraction of sp³-hybridized carbons (Fsp3) is 0.444. The van der Waals surface area contributed by atoms with E-state index in [4.69, 9.17) is 5.11 Å². The third kappa shape index (κ3) is 3.96. The van der Waals surface area contributed by atoms with E-state index in [9.17, 15) is 26.3 Å². The van der Waals surface area contributed by atoms with Crippen molar-refractivity contribution < 1.29 is 36.2 Å². The van der Waals surface area contributed by atoms with Gasteiger partial charge in [-0.3, -0.25) is 0 Å². The van der Waals surface area contributed by atoms with Gasteiger partial charge >= 0.3 is 12.5 Å². The summed E-state index contributed by atoms with van der Waals surface area (Å²) in [6, 6.07) is 0. The molecule has 0 saturated heterocycles. The van der Waals surface area contributed by atoms with Crippen LogP contribution >= 0.6 is 15.9 Å². The highest BCUT2D eigenvalue weighted by Gasteiger charge is 2.42. The quantitative estimate of drug-likeness (QED) is 0.669. The van der Waals surface area contributed by atoms with E-state index in [0.717, 1.165) is 0 Å². The second-order valence-electron chi connectivity index (χ2n) is 3.28. The van der Waals surface area contributed by atoms with Crippen molar-refractivity contribution in [2.45, 2.75) is 24.5 Å². The molecule has 0 aliphatic heterocycles. The standard InChI is InChI=1S/C9H6BrF6NO2/c10-1-5-4(3-18)2-17-7(8(11,12)13)6(5)19-9(14,15)16/h2,18H,1,3H2. The van der Waals surface area contributed by atoms with E-state index in [1.165, 1.54) is 0 Å². The first-order valence-electron chi connectivity index (χ1n) is 4.60. The summed E-state index contributed by atoms with van der Waals surface area (Å²) in [5, 5.41) is 8.53. The van der Waals surface area contributed by atoms with E-state index in [1.807, 2.05) is 0 Å². The molecule has 0 fully saturated rings. The van der Waals surface area contributed by atoms with Crippen molar-refractivity contribution >= 4 is 15.9 Å². The third-order valence-electron chi connectivity index (χ3n) is 2.02. The molecular formula is C9H6BrF6NO2. The summed E-state index contributed by atoms with van der Waals surface area (Å²) in [4.78, 5) is 2.88. The maximum absolute atomic E-state index is 12.6. The number of hydrogen-bond donors (Lipinski definition) is 1. The van der Waals surface area contributed by atoms with E-state index in [0.29, 0.717) is 6.20 Å². The molecule has 0 atom stereocenters. The van der Waals surface area contributed by atoms with Crippen LogP contribution in [0.15, 0.2) is 6.20 Å². The monoisotopic (exact) mass is 353 g/mol. The van der Waals surface area contributed by atoms with Gasteiger partial charge in [0.05, 0.1) is 6.61 Å². The fourth-order valence-corrected chi connectivity index (χ4v) is 1.89. The van der Waals surface area contributed by atoms with E-state index >= 15 is 0 Å². The molecule has 1 N–H and O–H groups in total. The zero-order chi connectivity index (χ0) is 14.8. The highest BCUT2D eigenvalue weighted by molar-refractivity contribution is 9.08. The van der Waals surface area contributed by atoms with Crippen molar-refractivity contribution in [2.75, 3.05) is 0 Å². The number of rotatable bonds is 3. The van der Waals surface area contributed by atoms with Gasteiger partial charge in [-0.15, -0.1) is 13.2 Å². The molecule has 0 bridgehead atoms. The lowest BCUT2D eigenvalue weighted by Gasteiger charge is -2.18. The average molecular weight is 354 g/mol. The molecule has 0 spiro atoms. The maximum atomic E-state index is 12.6. The Morgan fingerprint density at radius 3 is 2.16 bits per heavy atom. The third-order valence-corrected chi connectivity index (χ3v) is 2.58. The lowest BCUT2D eigenvalue weighted by molar-refractivity contribution is -0.276. The van der Waals surface area contributed by atoms with Crippen molar-refractivity contribution in [1.29, 1.82) is 0 Å². The van der Waals surface area contributed by atoms with Gasteiger partial charge in [0.2, 0.25) is 0 Å². The number of aromatic nitrogens is 1. The molecule has 1 aromatic heterocycles. The zero-order valence-electron chi connectivity index (χ0n) is 8.94. The highest BCUT2D eigenvalue weighted by Crippen LogP contribution is 2.40. The number of aliphatic hydroxyl groups excluding tert-OH is 1. The van der Waals surface area contributed by atoms with Crippen LogP contribution in [0.5, 0.6) is 5.75 Å². The average Bonchev–Trinajstić information content (AvgIpc) is 2.24. The van der Waals surface area contributed by atoms with Gasteiger partial charge in [0.15, 0.2) is 11.4 Å². The number of alkyl halides is 7. The lowest BCUT2D eigenvalue weighted by Crippen LogP contribution is -2.22. The van der Waals surface area contributed by atoms with Gasteiger partial charge in [-0.1, -0.05) is 15.9 Å². The summed E-state index contributed by atoms with van der Waals surface area (Å²) in [7, 11) is 0. The molecule has 0 unspecified atom stereocenters. The Kier molecular flexibility index (Phi) is 4.67. The van der Waals surface area contributed by atoms with Crippen LogP contribution in [0, 0.1) is 0 Å². The van der Waals surface area contributed by atoms with Gasteiger partial charge in [-0.05, 0) is 0 Å². The van der Waals surface area contributed by atoms with Crippen LogP contribution in [-0.4, -0.2) is 16.5 Å². The van der Waals surface area contributed by atoms with Crippen LogP contribution < -0.4 is 4.74 Å². The molecule has 0 aromatic carbocycles. The first-order chi connectivity index (χ1) is 8.60. The van der Waals surface area contributed by atoms with E-state index in [1.54, 1.807) is 0 Å². The Labute approximate surface area is 111 Å². The molecule has 1 rings (SSSR count). The topological polar surface area (TPSA) is 42.4 Å². The number of nitrogens with zero attached hydrogens (tertiary/aromatic N) is 1.